The third kappa shape index (κ3) is 2.18. The molecule has 0 aliphatic heterocycles. The van der Waals surface area contributed by atoms with E-state index in [4.69, 9.17) is 0 Å². The molecule has 1 aromatic carbocycles. The lowest BCUT2D eigenvalue weighted by Crippen LogP contribution is -2.03. The highest BCUT2D eigenvalue weighted by Crippen LogP contribution is 2.19. The second-order valence-electron chi connectivity index (χ2n) is 5.17. The lowest BCUT2D eigenvalue weighted by Gasteiger charge is -2.08. The Morgan fingerprint density at radius 2 is 2.10 bits per heavy atom. The second kappa shape index (κ2) is 5.04. The molecule has 104 valence electrons. The molecule has 0 radical (unpaired) electrons. The van der Waals surface area contributed by atoms with Crippen molar-refractivity contribution in [2.75, 3.05) is 5.32 Å². The lowest BCUT2D eigenvalue weighted by atomic mass is 10.2. The zero-order chi connectivity index (χ0) is 14.1. The fourth-order valence-electron chi connectivity index (χ4n) is 2.79. The summed E-state index contributed by atoms with van der Waals surface area (Å²) in [5.74, 6) is 0. The van der Waals surface area contributed by atoms with Crippen LogP contribution in [-0.4, -0.2) is 14.8 Å². The van der Waals surface area contributed by atoms with E-state index < -0.39 is 0 Å². The van der Waals surface area contributed by atoms with Crippen molar-refractivity contribution in [3.8, 4) is 0 Å². The van der Waals surface area contributed by atoms with Crippen LogP contribution >= 0.6 is 0 Å². The number of hydrogen-bond acceptors (Lipinski definition) is 2. The van der Waals surface area contributed by atoms with Crippen LogP contribution in [-0.2, 0) is 13.1 Å². The Kier molecular flexibility index (Phi) is 3.22. The van der Waals surface area contributed by atoms with E-state index in [1.807, 2.05) is 6.20 Å². The third-order valence-electron chi connectivity index (χ3n) is 3.92. The molecule has 0 aliphatic rings. The highest BCUT2D eigenvalue weighted by molar-refractivity contribution is 5.81. The first-order valence-corrected chi connectivity index (χ1v) is 7.01. The van der Waals surface area contributed by atoms with E-state index in [-0.39, 0.29) is 0 Å². The molecule has 0 saturated carbocycles. The van der Waals surface area contributed by atoms with Crippen LogP contribution in [0.4, 0.5) is 5.69 Å². The van der Waals surface area contributed by atoms with E-state index >= 15 is 0 Å². The van der Waals surface area contributed by atoms with Crippen molar-refractivity contribution in [3.05, 3.63) is 47.4 Å². The van der Waals surface area contributed by atoms with Crippen LogP contribution < -0.4 is 5.32 Å². The van der Waals surface area contributed by atoms with Gasteiger partial charge in [-0.1, -0.05) is 0 Å². The predicted molar refractivity (Wildman–Crippen MR) is 83.0 cm³/mol. The van der Waals surface area contributed by atoms with Crippen molar-refractivity contribution < 1.29 is 0 Å². The summed E-state index contributed by atoms with van der Waals surface area (Å²) < 4.78 is 2.34. The van der Waals surface area contributed by atoms with Crippen molar-refractivity contribution in [2.24, 2.45) is 0 Å². The number of nitrogens with zero attached hydrogens (tertiary/aromatic N) is 2. The fourth-order valence-corrected chi connectivity index (χ4v) is 2.79. The van der Waals surface area contributed by atoms with Crippen molar-refractivity contribution in [3.63, 3.8) is 0 Å². The van der Waals surface area contributed by atoms with Crippen molar-refractivity contribution in [1.29, 1.82) is 0 Å². The lowest BCUT2D eigenvalue weighted by molar-refractivity contribution is 0.715. The molecule has 0 atom stereocenters. The van der Waals surface area contributed by atoms with E-state index in [2.05, 4.69) is 65.1 Å². The molecule has 3 aromatic rings. The van der Waals surface area contributed by atoms with E-state index in [9.17, 15) is 0 Å². The van der Waals surface area contributed by atoms with Gasteiger partial charge in [0.2, 0.25) is 0 Å². The largest absolute Gasteiger partial charge is 0.381 e. The van der Waals surface area contributed by atoms with Crippen molar-refractivity contribution >= 4 is 16.6 Å². The number of aromatic amines is 1. The molecular formula is C16H20N4. The molecular weight excluding hydrogens is 248 g/mol. The summed E-state index contributed by atoms with van der Waals surface area (Å²) in [5, 5.41) is 11.6. The van der Waals surface area contributed by atoms with Gasteiger partial charge in [0.1, 0.15) is 0 Å². The summed E-state index contributed by atoms with van der Waals surface area (Å²) in [6.07, 6.45) is 1.85. The van der Waals surface area contributed by atoms with Gasteiger partial charge in [0.05, 0.1) is 11.7 Å². The highest BCUT2D eigenvalue weighted by Gasteiger charge is 2.07. The van der Waals surface area contributed by atoms with Gasteiger partial charge in [0.15, 0.2) is 0 Å². The van der Waals surface area contributed by atoms with Gasteiger partial charge in [-0.3, -0.25) is 5.10 Å². The summed E-state index contributed by atoms with van der Waals surface area (Å²) >= 11 is 0. The number of anilines is 1. The van der Waals surface area contributed by atoms with E-state index in [1.165, 1.54) is 17.0 Å². The Bertz CT molecular complexity index is 736. The van der Waals surface area contributed by atoms with Gasteiger partial charge in [-0.25, -0.2) is 0 Å². The Morgan fingerprint density at radius 1 is 1.25 bits per heavy atom. The molecule has 0 aliphatic carbocycles. The minimum absolute atomic E-state index is 0.850. The van der Waals surface area contributed by atoms with Gasteiger partial charge in [-0.2, -0.15) is 5.10 Å². The van der Waals surface area contributed by atoms with Crippen molar-refractivity contribution in [2.45, 2.75) is 33.9 Å². The first kappa shape index (κ1) is 12.8. The van der Waals surface area contributed by atoms with E-state index in [0.29, 0.717) is 0 Å². The zero-order valence-electron chi connectivity index (χ0n) is 12.2. The number of hydrogen-bond donors (Lipinski definition) is 2. The van der Waals surface area contributed by atoms with Gasteiger partial charge in [0, 0.05) is 35.6 Å². The molecule has 20 heavy (non-hydrogen) atoms. The molecule has 0 saturated heterocycles. The number of nitrogens with one attached hydrogen (secondary N) is 2. The van der Waals surface area contributed by atoms with Gasteiger partial charge in [-0.15, -0.1) is 0 Å². The van der Waals surface area contributed by atoms with Gasteiger partial charge < -0.3 is 9.88 Å². The summed E-state index contributed by atoms with van der Waals surface area (Å²) in [5.41, 5.74) is 6.23. The van der Waals surface area contributed by atoms with Crippen molar-refractivity contribution in [1.82, 2.24) is 14.8 Å². The maximum Gasteiger partial charge on any atom is 0.0651 e. The number of benzene rings is 1. The average Bonchev–Trinajstić information content (AvgIpc) is 3.00. The number of rotatable bonds is 4. The zero-order valence-corrected chi connectivity index (χ0v) is 12.2. The summed E-state index contributed by atoms with van der Waals surface area (Å²) in [6.45, 7) is 8.41. The molecule has 0 spiro atoms. The summed E-state index contributed by atoms with van der Waals surface area (Å²) in [4.78, 5) is 0. The second-order valence-corrected chi connectivity index (χ2v) is 5.17. The van der Waals surface area contributed by atoms with Gasteiger partial charge >= 0.3 is 0 Å². The molecule has 3 rings (SSSR count). The van der Waals surface area contributed by atoms with Crippen LogP contribution in [0.5, 0.6) is 0 Å². The first-order chi connectivity index (χ1) is 9.69. The molecule has 0 amide bonds. The maximum atomic E-state index is 4.04. The summed E-state index contributed by atoms with van der Waals surface area (Å²) in [6, 6.07) is 8.53. The average molecular weight is 268 g/mol. The van der Waals surface area contributed by atoms with Crippen LogP contribution in [0.1, 0.15) is 23.9 Å². The van der Waals surface area contributed by atoms with Crippen LogP contribution in [0.15, 0.2) is 30.5 Å². The SMILES string of the molecule is CCn1c(C)cc(CNc2ccc3[nH]ncc3c2)c1C. The monoisotopic (exact) mass is 268 g/mol. The molecule has 2 N–H and O–H groups in total. The Labute approximate surface area is 118 Å². The normalized spacial score (nSPS) is 11.2. The molecule has 4 nitrogen and oxygen atoms in total. The highest BCUT2D eigenvalue weighted by atomic mass is 15.1. The maximum absolute atomic E-state index is 4.04. The third-order valence-corrected chi connectivity index (χ3v) is 3.92. The van der Waals surface area contributed by atoms with Crippen LogP contribution in [0.3, 0.4) is 0 Å². The topological polar surface area (TPSA) is 45.6 Å². The number of aryl methyl sites for hydroxylation is 1. The molecule has 0 bridgehead atoms. The standard InChI is InChI=1S/C16H20N4/c1-4-20-11(2)7-13(12(20)3)9-17-15-5-6-16-14(8-15)10-18-19-16/h5-8,10,17H,4,9H2,1-3H3,(H,18,19). The Morgan fingerprint density at radius 3 is 2.85 bits per heavy atom. The first-order valence-electron chi connectivity index (χ1n) is 7.01. The van der Waals surface area contributed by atoms with E-state index in [0.717, 1.165) is 29.7 Å². The number of H-pyrrole nitrogens is 1. The number of fused-ring (bicyclic) bond motifs is 1. The predicted octanol–water partition coefficient (Wildman–Crippen LogP) is 3.61. The van der Waals surface area contributed by atoms with Crippen LogP contribution in [0.2, 0.25) is 0 Å². The fraction of sp³-hybridized carbons (Fsp3) is 0.312. The molecule has 4 heteroatoms. The minimum atomic E-state index is 0.850. The molecule has 2 aromatic heterocycles. The van der Waals surface area contributed by atoms with E-state index in [1.54, 1.807) is 0 Å². The molecule has 0 unspecified atom stereocenters. The minimum Gasteiger partial charge on any atom is -0.381 e. The quantitative estimate of drug-likeness (QED) is 0.759. The molecule has 0 fully saturated rings. The summed E-state index contributed by atoms with van der Waals surface area (Å²) in [7, 11) is 0. The number of aromatic nitrogens is 3. The van der Waals surface area contributed by atoms with Crippen LogP contribution in [0.25, 0.3) is 10.9 Å². The van der Waals surface area contributed by atoms with Crippen LogP contribution in [0, 0.1) is 13.8 Å². The Balaban J connectivity index is 1.78. The molecule has 2 heterocycles. The van der Waals surface area contributed by atoms with Gasteiger partial charge in [0.25, 0.3) is 0 Å². The Hall–Kier alpha value is -2.23. The smallest absolute Gasteiger partial charge is 0.0651 e. The van der Waals surface area contributed by atoms with Gasteiger partial charge in [-0.05, 0) is 50.6 Å².